The van der Waals surface area contributed by atoms with Crippen LogP contribution in [0.2, 0.25) is 5.02 Å². The van der Waals surface area contributed by atoms with Crippen molar-refractivity contribution in [2.24, 2.45) is 0 Å². The van der Waals surface area contributed by atoms with Crippen molar-refractivity contribution >= 4 is 38.8 Å². The zero-order chi connectivity index (χ0) is 18.6. The molecule has 2 heterocycles. The van der Waals surface area contributed by atoms with Crippen LogP contribution in [0.1, 0.15) is 11.1 Å². The maximum atomic E-state index is 13.2. The number of sulfone groups is 1. The lowest BCUT2D eigenvalue weighted by atomic mass is 10.1. The lowest BCUT2D eigenvalue weighted by Crippen LogP contribution is -2.37. The third-order valence-electron chi connectivity index (χ3n) is 5.24. The van der Waals surface area contributed by atoms with Crippen molar-refractivity contribution in [2.75, 3.05) is 21.3 Å². The first kappa shape index (κ1) is 17.4. The summed E-state index contributed by atoms with van der Waals surface area (Å²) in [5.41, 5.74) is 3.60. The molecule has 0 radical (unpaired) electrons. The molecule has 0 aliphatic carbocycles. The Morgan fingerprint density at radius 1 is 0.885 bits per heavy atom. The molecule has 2 fully saturated rings. The number of fused-ring (bicyclic) bond motifs is 1. The number of carbonyl (C=O) groups is 1. The van der Waals surface area contributed by atoms with Crippen molar-refractivity contribution in [3.8, 4) is 0 Å². The lowest BCUT2D eigenvalue weighted by molar-refractivity contribution is 0.255. The molecule has 0 saturated carbocycles. The van der Waals surface area contributed by atoms with Gasteiger partial charge in [0.15, 0.2) is 9.84 Å². The predicted molar refractivity (Wildman–Crippen MR) is 104 cm³/mol. The number of amides is 2. The van der Waals surface area contributed by atoms with Gasteiger partial charge < -0.3 is 0 Å². The standard InChI is InChI=1S/C19H19ClN2O3S/c1-12-3-6-16(9-13(12)2)22-18-11-26(24,25)10-17(18)21(19(22)23)15-7-4-14(20)5-8-15/h3-9,17-18H,10-11H2,1-2H3/t17-,18-/m1/s1. The predicted octanol–water partition coefficient (Wildman–Crippen LogP) is 3.57. The highest BCUT2D eigenvalue weighted by atomic mass is 35.5. The average molecular weight is 391 g/mol. The maximum absolute atomic E-state index is 13.2. The molecule has 2 saturated heterocycles. The summed E-state index contributed by atoms with van der Waals surface area (Å²) >= 11 is 5.96. The van der Waals surface area contributed by atoms with E-state index in [2.05, 4.69) is 0 Å². The van der Waals surface area contributed by atoms with Crippen LogP contribution in [0.3, 0.4) is 0 Å². The van der Waals surface area contributed by atoms with Crippen molar-refractivity contribution < 1.29 is 13.2 Å². The molecule has 4 rings (SSSR count). The van der Waals surface area contributed by atoms with Crippen molar-refractivity contribution in [3.05, 3.63) is 58.6 Å². The van der Waals surface area contributed by atoms with Gasteiger partial charge in [-0.1, -0.05) is 17.7 Å². The maximum Gasteiger partial charge on any atom is 0.329 e. The first-order valence-corrected chi connectivity index (χ1v) is 10.6. The fourth-order valence-corrected chi connectivity index (χ4v) is 5.83. The highest BCUT2D eigenvalue weighted by molar-refractivity contribution is 7.91. The van der Waals surface area contributed by atoms with Crippen LogP contribution in [0.25, 0.3) is 0 Å². The summed E-state index contributed by atoms with van der Waals surface area (Å²) < 4.78 is 24.6. The summed E-state index contributed by atoms with van der Waals surface area (Å²) in [5, 5.41) is 0.571. The van der Waals surface area contributed by atoms with E-state index < -0.39 is 15.9 Å². The summed E-state index contributed by atoms with van der Waals surface area (Å²) in [6.07, 6.45) is 0. The van der Waals surface area contributed by atoms with E-state index in [0.29, 0.717) is 10.7 Å². The van der Waals surface area contributed by atoms with E-state index in [0.717, 1.165) is 16.8 Å². The van der Waals surface area contributed by atoms with Gasteiger partial charge in [0.25, 0.3) is 0 Å². The summed E-state index contributed by atoms with van der Waals surface area (Å²) in [7, 11) is -3.20. The Kier molecular flexibility index (Phi) is 4.00. The number of aryl methyl sites for hydroxylation is 2. The number of benzene rings is 2. The highest BCUT2D eigenvalue weighted by Gasteiger charge is 2.54. The minimum absolute atomic E-state index is 0.0135. The van der Waals surface area contributed by atoms with Gasteiger partial charge in [0, 0.05) is 16.4 Å². The summed E-state index contributed by atoms with van der Waals surface area (Å²) in [5.74, 6) is -0.0339. The smallest absolute Gasteiger partial charge is 0.288 e. The number of carbonyl (C=O) groups excluding carboxylic acids is 1. The quantitative estimate of drug-likeness (QED) is 0.736. The third kappa shape index (κ3) is 2.77. The van der Waals surface area contributed by atoms with Crippen molar-refractivity contribution in [2.45, 2.75) is 25.9 Å². The fraction of sp³-hybridized carbons (Fsp3) is 0.316. The molecule has 0 unspecified atom stereocenters. The second kappa shape index (κ2) is 5.99. The Bertz CT molecular complexity index is 988. The number of halogens is 1. The molecule has 5 nitrogen and oxygen atoms in total. The Morgan fingerprint density at radius 3 is 2.00 bits per heavy atom. The van der Waals surface area contributed by atoms with Crippen molar-refractivity contribution in [1.82, 2.24) is 0 Å². The first-order valence-electron chi connectivity index (χ1n) is 8.42. The van der Waals surface area contributed by atoms with E-state index in [4.69, 9.17) is 11.6 Å². The Labute approximate surface area is 158 Å². The largest absolute Gasteiger partial charge is 0.329 e. The second-order valence-electron chi connectivity index (χ2n) is 6.98. The van der Waals surface area contributed by atoms with Crippen LogP contribution in [0.4, 0.5) is 16.2 Å². The average Bonchev–Trinajstić information content (AvgIpc) is 3.00. The zero-order valence-electron chi connectivity index (χ0n) is 14.5. The molecule has 136 valence electrons. The molecule has 0 aromatic heterocycles. The molecule has 2 aliphatic heterocycles. The molecule has 26 heavy (non-hydrogen) atoms. The van der Waals surface area contributed by atoms with Gasteiger partial charge >= 0.3 is 6.03 Å². The van der Waals surface area contributed by atoms with Gasteiger partial charge in [0.1, 0.15) is 0 Å². The molecule has 0 spiro atoms. The summed E-state index contributed by atoms with van der Waals surface area (Å²) in [6.45, 7) is 3.99. The van der Waals surface area contributed by atoms with Gasteiger partial charge in [-0.05, 0) is 61.4 Å². The number of hydrogen-bond acceptors (Lipinski definition) is 3. The lowest BCUT2D eigenvalue weighted by Gasteiger charge is -2.23. The SMILES string of the molecule is Cc1ccc(N2C(=O)N(c3ccc(Cl)cc3)[C@@H]3CS(=O)(=O)C[C@H]32)cc1C. The van der Waals surface area contributed by atoms with E-state index in [1.807, 2.05) is 32.0 Å². The molecular formula is C19H19ClN2O3S. The van der Waals surface area contributed by atoms with Gasteiger partial charge in [0.05, 0.1) is 23.6 Å². The summed E-state index contributed by atoms with van der Waals surface area (Å²) in [6, 6.07) is 11.7. The second-order valence-corrected chi connectivity index (χ2v) is 9.57. The highest BCUT2D eigenvalue weighted by Crippen LogP contribution is 2.38. The monoisotopic (exact) mass is 390 g/mol. The molecular weight excluding hydrogens is 372 g/mol. The third-order valence-corrected chi connectivity index (χ3v) is 7.19. The number of anilines is 2. The minimum atomic E-state index is -3.20. The molecule has 0 N–H and O–H groups in total. The van der Waals surface area contributed by atoms with Crippen LogP contribution in [-0.4, -0.2) is 38.0 Å². The molecule has 2 aromatic rings. The van der Waals surface area contributed by atoms with Crippen molar-refractivity contribution in [1.29, 1.82) is 0 Å². The van der Waals surface area contributed by atoms with Crippen LogP contribution in [0, 0.1) is 13.8 Å². The zero-order valence-corrected chi connectivity index (χ0v) is 16.1. The van der Waals surface area contributed by atoms with Crippen LogP contribution < -0.4 is 9.80 Å². The van der Waals surface area contributed by atoms with E-state index in [9.17, 15) is 13.2 Å². The Morgan fingerprint density at radius 2 is 1.42 bits per heavy atom. The van der Waals surface area contributed by atoms with Crippen molar-refractivity contribution in [3.63, 3.8) is 0 Å². The van der Waals surface area contributed by atoms with Gasteiger partial charge in [-0.2, -0.15) is 0 Å². The van der Waals surface area contributed by atoms with E-state index in [-0.39, 0.29) is 23.6 Å². The number of nitrogens with zero attached hydrogens (tertiary/aromatic N) is 2. The van der Waals surface area contributed by atoms with Gasteiger partial charge in [0.2, 0.25) is 0 Å². The fourth-order valence-electron chi connectivity index (χ4n) is 3.78. The first-order chi connectivity index (χ1) is 12.3. The topological polar surface area (TPSA) is 57.7 Å². The van der Waals surface area contributed by atoms with Gasteiger partial charge in [-0.25, -0.2) is 13.2 Å². The molecule has 2 atom stereocenters. The van der Waals surface area contributed by atoms with Crippen LogP contribution in [0.15, 0.2) is 42.5 Å². The van der Waals surface area contributed by atoms with Crippen LogP contribution in [-0.2, 0) is 9.84 Å². The minimum Gasteiger partial charge on any atom is -0.288 e. The number of hydrogen-bond donors (Lipinski definition) is 0. The van der Waals surface area contributed by atoms with Gasteiger partial charge in [-0.15, -0.1) is 0 Å². The molecule has 7 heteroatoms. The normalized spacial score (nSPS) is 24.2. The number of rotatable bonds is 2. The van der Waals surface area contributed by atoms with E-state index in [1.165, 1.54) is 0 Å². The number of urea groups is 1. The van der Waals surface area contributed by atoms with E-state index >= 15 is 0 Å². The molecule has 0 bridgehead atoms. The van der Waals surface area contributed by atoms with Gasteiger partial charge in [-0.3, -0.25) is 9.80 Å². The van der Waals surface area contributed by atoms with Crippen LogP contribution >= 0.6 is 11.6 Å². The summed E-state index contributed by atoms with van der Waals surface area (Å²) in [4.78, 5) is 16.5. The molecule has 2 amide bonds. The molecule has 2 aromatic carbocycles. The Balaban J connectivity index is 1.81. The Hall–Kier alpha value is -2.05. The molecule has 2 aliphatic rings. The van der Waals surface area contributed by atoms with E-state index in [1.54, 1.807) is 34.1 Å². The van der Waals surface area contributed by atoms with Crippen LogP contribution in [0.5, 0.6) is 0 Å².